The molecule has 0 spiro atoms. The summed E-state index contributed by atoms with van der Waals surface area (Å²) in [6.45, 7) is 0.601. The lowest BCUT2D eigenvalue weighted by molar-refractivity contribution is -0.138. The minimum absolute atomic E-state index is 0.524. The van der Waals surface area contributed by atoms with Crippen molar-refractivity contribution in [2.45, 2.75) is 31.5 Å². The third-order valence-electron chi connectivity index (χ3n) is 2.27. The Hall–Kier alpha value is -2.20. The van der Waals surface area contributed by atoms with Crippen molar-refractivity contribution in [3.8, 4) is 0 Å². The molecule has 0 aromatic heterocycles. The summed E-state index contributed by atoms with van der Waals surface area (Å²) < 4.78 is 0. The Morgan fingerprint density at radius 2 is 1.75 bits per heavy atom. The van der Waals surface area contributed by atoms with Crippen LogP contribution in [0.15, 0.2) is 0 Å². The van der Waals surface area contributed by atoms with Gasteiger partial charge in [-0.3, -0.25) is 19.2 Å². The van der Waals surface area contributed by atoms with Crippen molar-refractivity contribution in [3.63, 3.8) is 0 Å². The SMILES string of the molecule is C[C@@H](O)[C@H](N)C(=O)N[C@@H](CC(N)=O)C(=O)NCC(=O)O. The van der Waals surface area contributed by atoms with Gasteiger partial charge in [0, 0.05) is 0 Å². The fourth-order valence-electron chi connectivity index (χ4n) is 1.18. The molecule has 8 N–H and O–H groups in total. The zero-order chi connectivity index (χ0) is 15.9. The first-order chi connectivity index (χ1) is 9.15. The molecule has 0 unspecified atom stereocenters. The first kappa shape index (κ1) is 17.8. The molecule has 0 aromatic rings. The number of aliphatic hydroxyl groups is 1. The van der Waals surface area contributed by atoms with Gasteiger partial charge in [0.05, 0.1) is 12.5 Å². The minimum atomic E-state index is -1.36. The minimum Gasteiger partial charge on any atom is -0.480 e. The number of aliphatic carboxylic acids is 1. The molecule has 0 aliphatic rings. The van der Waals surface area contributed by atoms with Crippen LogP contribution in [0.3, 0.4) is 0 Å². The van der Waals surface area contributed by atoms with E-state index in [4.69, 9.17) is 21.7 Å². The van der Waals surface area contributed by atoms with Gasteiger partial charge in [-0.05, 0) is 6.92 Å². The molecule has 114 valence electrons. The van der Waals surface area contributed by atoms with E-state index in [0.29, 0.717) is 0 Å². The van der Waals surface area contributed by atoms with Crippen LogP contribution in [-0.2, 0) is 19.2 Å². The van der Waals surface area contributed by atoms with Crippen molar-refractivity contribution >= 4 is 23.7 Å². The summed E-state index contributed by atoms with van der Waals surface area (Å²) in [5.74, 6) is -3.91. The second kappa shape index (κ2) is 8.07. The number of nitrogens with one attached hydrogen (secondary N) is 2. The molecule has 0 heterocycles. The smallest absolute Gasteiger partial charge is 0.322 e. The Kier molecular flexibility index (Phi) is 7.18. The number of hydrogen-bond acceptors (Lipinski definition) is 6. The number of amides is 3. The van der Waals surface area contributed by atoms with Crippen molar-refractivity contribution in [1.29, 1.82) is 0 Å². The normalized spacial score (nSPS) is 14.8. The van der Waals surface area contributed by atoms with Crippen molar-refractivity contribution in [2.75, 3.05) is 6.54 Å². The zero-order valence-corrected chi connectivity index (χ0v) is 10.8. The fourth-order valence-corrected chi connectivity index (χ4v) is 1.18. The lowest BCUT2D eigenvalue weighted by Crippen LogP contribution is -2.55. The molecule has 20 heavy (non-hydrogen) atoms. The fraction of sp³-hybridized carbons (Fsp3) is 0.600. The van der Waals surface area contributed by atoms with E-state index in [0.717, 1.165) is 0 Å². The van der Waals surface area contributed by atoms with E-state index >= 15 is 0 Å². The summed E-state index contributed by atoms with van der Waals surface area (Å²) in [7, 11) is 0. The molecule has 0 saturated carbocycles. The Bertz CT molecular complexity index is 397. The highest BCUT2D eigenvalue weighted by Crippen LogP contribution is 1.96. The predicted molar refractivity (Wildman–Crippen MR) is 66.0 cm³/mol. The molecule has 3 atom stereocenters. The molecule has 0 aliphatic carbocycles. The quantitative estimate of drug-likeness (QED) is 0.265. The first-order valence-corrected chi connectivity index (χ1v) is 5.67. The second-order valence-corrected chi connectivity index (χ2v) is 4.11. The molecular formula is C10H18N4O6. The number of carbonyl (C=O) groups is 4. The van der Waals surface area contributed by atoms with E-state index in [-0.39, 0.29) is 0 Å². The number of carbonyl (C=O) groups excluding carboxylic acids is 3. The lowest BCUT2D eigenvalue weighted by atomic mass is 10.1. The number of aliphatic hydroxyl groups excluding tert-OH is 1. The van der Waals surface area contributed by atoms with Gasteiger partial charge in [-0.15, -0.1) is 0 Å². The number of rotatable bonds is 8. The molecule has 0 aliphatic heterocycles. The van der Waals surface area contributed by atoms with Gasteiger partial charge in [0.2, 0.25) is 17.7 Å². The number of carboxylic acid groups (broad SMARTS) is 1. The van der Waals surface area contributed by atoms with Gasteiger partial charge in [-0.25, -0.2) is 0 Å². The molecule has 3 amide bonds. The monoisotopic (exact) mass is 290 g/mol. The topological polar surface area (TPSA) is 185 Å². The zero-order valence-electron chi connectivity index (χ0n) is 10.8. The van der Waals surface area contributed by atoms with Gasteiger partial charge < -0.3 is 32.3 Å². The molecule has 0 rings (SSSR count). The average Bonchev–Trinajstić information content (AvgIpc) is 2.33. The third kappa shape index (κ3) is 6.66. The van der Waals surface area contributed by atoms with Crippen molar-refractivity contribution < 1.29 is 29.4 Å². The Morgan fingerprint density at radius 1 is 1.20 bits per heavy atom. The van der Waals surface area contributed by atoms with Crippen LogP contribution in [0.4, 0.5) is 0 Å². The van der Waals surface area contributed by atoms with Gasteiger partial charge in [0.25, 0.3) is 0 Å². The second-order valence-electron chi connectivity index (χ2n) is 4.11. The van der Waals surface area contributed by atoms with E-state index in [9.17, 15) is 19.2 Å². The van der Waals surface area contributed by atoms with E-state index in [1.54, 1.807) is 0 Å². The standard InChI is InChI=1S/C10H18N4O6/c1-4(15)8(12)10(20)14-5(2-6(11)16)9(19)13-3-7(17)18/h4-5,8,15H,2-3,12H2,1H3,(H2,11,16)(H,13,19)(H,14,20)(H,17,18)/t4-,5+,8+/m1/s1. The summed E-state index contributed by atoms with van der Waals surface area (Å²) in [5, 5.41) is 21.7. The highest BCUT2D eigenvalue weighted by Gasteiger charge is 2.27. The van der Waals surface area contributed by atoms with Gasteiger partial charge in [0.15, 0.2) is 0 Å². The van der Waals surface area contributed by atoms with Gasteiger partial charge in [0.1, 0.15) is 18.6 Å². The van der Waals surface area contributed by atoms with Crippen LogP contribution in [0.25, 0.3) is 0 Å². The van der Waals surface area contributed by atoms with E-state index in [2.05, 4.69) is 5.32 Å². The predicted octanol–water partition coefficient (Wildman–Crippen LogP) is -3.74. The van der Waals surface area contributed by atoms with Crippen LogP contribution < -0.4 is 22.1 Å². The Balaban J connectivity index is 4.71. The van der Waals surface area contributed by atoms with Crippen LogP contribution >= 0.6 is 0 Å². The maximum Gasteiger partial charge on any atom is 0.322 e. The van der Waals surface area contributed by atoms with Crippen LogP contribution in [0, 0.1) is 0 Å². The average molecular weight is 290 g/mol. The summed E-state index contributed by atoms with van der Waals surface area (Å²) >= 11 is 0. The molecule has 0 fully saturated rings. The van der Waals surface area contributed by atoms with Crippen molar-refractivity contribution in [2.24, 2.45) is 11.5 Å². The maximum atomic E-state index is 11.6. The number of carboxylic acids is 1. The molecule has 0 radical (unpaired) electrons. The van der Waals surface area contributed by atoms with Crippen LogP contribution in [0.2, 0.25) is 0 Å². The molecule has 10 nitrogen and oxygen atoms in total. The van der Waals surface area contributed by atoms with Gasteiger partial charge >= 0.3 is 5.97 Å². The van der Waals surface area contributed by atoms with Gasteiger partial charge in [-0.2, -0.15) is 0 Å². The number of primary amides is 1. The van der Waals surface area contributed by atoms with Crippen LogP contribution in [0.1, 0.15) is 13.3 Å². The summed E-state index contributed by atoms with van der Waals surface area (Å²) in [5.41, 5.74) is 10.3. The number of nitrogens with two attached hydrogens (primary N) is 2. The Labute approximate surface area is 114 Å². The van der Waals surface area contributed by atoms with E-state index < -0.39 is 54.8 Å². The highest BCUT2D eigenvalue weighted by molar-refractivity contribution is 5.94. The summed E-state index contributed by atoms with van der Waals surface area (Å²) in [6.07, 6.45) is -1.68. The Morgan fingerprint density at radius 3 is 2.15 bits per heavy atom. The summed E-state index contributed by atoms with van der Waals surface area (Å²) in [6, 6.07) is -2.65. The molecular weight excluding hydrogens is 272 g/mol. The maximum absolute atomic E-state index is 11.6. The molecule has 0 aromatic carbocycles. The van der Waals surface area contributed by atoms with Crippen LogP contribution in [0.5, 0.6) is 0 Å². The van der Waals surface area contributed by atoms with E-state index in [1.807, 2.05) is 5.32 Å². The molecule has 10 heteroatoms. The first-order valence-electron chi connectivity index (χ1n) is 5.67. The third-order valence-corrected chi connectivity index (χ3v) is 2.27. The van der Waals surface area contributed by atoms with E-state index in [1.165, 1.54) is 6.92 Å². The highest BCUT2D eigenvalue weighted by atomic mass is 16.4. The number of hydrogen-bond donors (Lipinski definition) is 6. The van der Waals surface area contributed by atoms with Crippen molar-refractivity contribution in [1.82, 2.24) is 10.6 Å². The molecule has 0 saturated heterocycles. The molecule has 0 bridgehead atoms. The van der Waals surface area contributed by atoms with Gasteiger partial charge in [-0.1, -0.05) is 0 Å². The summed E-state index contributed by atoms with van der Waals surface area (Å²) in [4.78, 5) is 44.3. The lowest BCUT2D eigenvalue weighted by Gasteiger charge is -2.20. The van der Waals surface area contributed by atoms with Crippen LogP contribution in [-0.4, -0.2) is 58.6 Å². The largest absolute Gasteiger partial charge is 0.480 e. The van der Waals surface area contributed by atoms with Crippen molar-refractivity contribution in [3.05, 3.63) is 0 Å².